The third-order valence-corrected chi connectivity index (χ3v) is 1.96. The highest BCUT2D eigenvalue weighted by molar-refractivity contribution is 5.29. The molecule has 0 aromatic carbocycles. The lowest BCUT2D eigenvalue weighted by molar-refractivity contribution is 0.465. The minimum absolute atomic E-state index is 0.233. The van der Waals surface area contributed by atoms with Crippen LogP contribution in [0.15, 0.2) is 42.9 Å². The van der Waals surface area contributed by atoms with E-state index in [9.17, 15) is 5.11 Å². The van der Waals surface area contributed by atoms with Crippen LogP contribution in [0.3, 0.4) is 0 Å². The first-order chi connectivity index (χ1) is 6.86. The fraction of sp³-hybridized carbons (Fsp3) is 0.0909. The molecular formula is C11H10N2O. The summed E-state index contributed by atoms with van der Waals surface area (Å²) >= 11 is 0. The molecule has 0 aliphatic heterocycles. The molecule has 14 heavy (non-hydrogen) atoms. The normalized spacial score (nSPS) is 10.0. The van der Waals surface area contributed by atoms with Gasteiger partial charge in [0.05, 0.1) is 5.69 Å². The lowest BCUT2D eigenvalue weighted by atomic mass is 10.1. The number of hydrogen-bond donors (Lipinski definition) is 1. The number of pyridine rings is 2. The second-order valence-corrected chi connectivity index (χ2v) is 3.01. The van der Waals surface area contributed by atoms with Crippen LogP contribution >= 0.6 is 0 Å². The summed E-state index contributed by atoms with van der Waals surface area (Å²) in [5, 5.41) is 9.49. The van der Waals surface area contributed by atoms with E-state index in [1.807, 2.05) is 12.1 Å². The molecule has 70 valence electrons. The van der Waals surface area contributed by atoms with Crippen LogP contribution < -0.4 is 0 Å². The topological polar surface area (TPSA) is 46.0 Å². The van der Waals surface area contributed by atoms with Gasteiger partial charge in [0.1, 0.15) is 5.75 Å². The molecule has 2 aromatic heterocycles. The van der Waals surface area contributed by atoms with Crippen molar-refractivity contribution in [1.82, 2.24) is 9.97 Å². The van der Waals surface area contributed by atoms with Crippen LogP contribution in [-0.2, 0) is 6.42 Å². The first kappa shape index (κ1) is 8.69. The lowest BCUT2D eigenvalue weighted by Crippen LogP contribution is -1.92. The quantitative estimate of drug-likeness (QED) is 0.777. The first-order valence-corrected chi connectivity index (χ1v) is 4.38. The third-order valence-electron chi connectivity index (χ3n) is 1.96. The molecule has 0 aliphatic carbocycles. The fourth-order valence-corrected chi connectivity index (χ4v) is 1.26. The molecule has 0 amide bonds. The van der Waals surface area contributed by atoms with E-state index in [2.05, 4.69) is 9.97 Å². The molecule has 1 N–H and O–H groups in total. The molecule has 0 spiro atoms. The van der Waals surface area contributed by atoms with Crippen molar-refractivity contribution in [2.75, 3.05) is 0 Å². The number of aromatic nitrogens is 2. The molecule has 0 radical (unpaired) electrons. The van der Waals surface area contributed by atoms with Gasteiger partial charge in [-0.05, 0) is 23.8 Å². The maximum Gasteiger partial charge on any atom is 0.137 e. The molecular weight excluding hydrogens is 176 g/mol. The Morgan fingerprint density at radius 3 is 2.71 bits per heavy atom. The molecule has 2 aromatic rings. The predicted octanol–water partition coefficient (Wildman–Crippen LogP) is 1.77. The van der Waals surface area contributed by atoms with Gasteiger partial charge in [0.2, 0.25) is 0 Å². The molecule has 0 atom stereocenters. The minimum Gasteiger partial charge on any atom is -0.506 e. The summed E-state index contributed by atoms with van der Waals surface area (Å²) < 4.78 is 0. The Morgan fingerprint density at radius 2 is 2.00 bits per heavy atom. The Hall–Kier alpha value is -1.90. The summed E-state index contributed by atoms with van der Waals surface area (Å²) in [4.78, 5) is 8.10. The van der Waals surface area contributed by atoms with Crippen LogP contribution in [0.5, 0.6) is 5.75 Å². The predicted molar refractivity (Wildman–Crippen MR) is 52.9 cm³/mol. The van der Waals surface area contributed by atoms with E-state index in [1.165, 1.54) is 0 Å². The number of rotatable bonds is 2. The highest BCUT2D eigenvalue weighted by Crippen LogP contribution is 2.16. The molecule has 3 nitrogen and oxygen atoms in total. The van der Waals surface area contributed by atoms with Gasteiger partial charge in [-0.3, -0.25) is 9.97 Å². The Labute approximate surface area is 82.1 Å². The van der Waals surface area contributed by atoms with Gasteiger partial charge in [0, 0.05) is 25.0 Å². The molecule has 0 saturated carbocycles. The number of nitrogens with zero attached hydrogens (tertiary/aromatic N) is 2. The average Bonchev–Trinajstić information content (AvgIpc) is 2.23. The maximum absolute atomic E-state index is 9.49. The van der Waals surface area contributed by atoms with E-state index in [-0.39, 0.29) is 5.75 Å². The zero-order valence-corrected chi connectivity index (χ0v) is 7.59. The van der Waals surface area contributed by atoms with E-state index in [4.69, 9.17) is 0 Å². The zero-order valence-electron chi connectivity index (χ0n) is 7.59. The van der Waals surface area contributed by atoms with Gasteiger partial charge in [-0.15, -0.1) is 0 Å². The van der Waals surface area contributed by atoms with Crippen LogP contribution in [0.25, 0.3) is 0 Å². The SMILES string of the molecule is Oc1cccnc1Cc1cccnc1. The Morgan fingerprint density at radius 1 is 1.14 bits per heavy atom. The van der Waals surface area contributed by atoms with Crippen LogP contribution in [-0.4, -0.2) is 15.1 Å². The van der Waals surface area contributed by atoms with Gasteiger partial charge in [-0.1, -0.05) is 6.07 Å². The van der Waals surface area contributed by atoms with E-state index < -0.39 is 0 Å². The second-order valence-electron chi connectivity index (χ2n) is 3.01. The summed E-state index contributed by atoms with van der Waals surface area (Å²) in [5.41, 5.74) is 1.72. The largest absolute Gasteiger partial charge is 0.506 e. The van der Waals surface area contributed by atoms with Crippen molar-refractivity contribution < 1.29 is 5.11 Å². The van der Waals surface area contributed by atoms with E-state index in [0.717, 1.165) is 5.56 Å². The van der Waals surface area contributed by atoms with E-state index >= 15 is 0 Å². The molecule has 0 aliphatic rings. The maximum atomic E-state index is 9.49. The summed E-state index contributed by atoms with van der Waals surface area (Å²) in [7, 11) is 0. The molecule has 0 saturated heterocycles. The molecule has 0 bridgehead atoms. The van der Waals surface area contributed by atoms with Gasteiger partial charge in [0.25, 0.3) is 0 Å². The standard InChI is InChI=1S/C11H10N2O/c14-11-4-2-6-13-10(11)7-9-3-1-5-12-8-9/h1-6,8,14H,7H2. The van der Waals surface area contributed by atoms with Crippen molar-refractivity contribution >= 4 is 0 Å². The summed E-state index contributed by atoms with van der Waals surface area (Å²) in [6.45, 7) is 0. The summed E-state index contributed by atoms with van der Waals surface area (Å²) in [6.07, 6.45) is 5.78. The molecule has 3 heteroatoms. The van der Waals surface area contributed by atoms with Crippen molar-refractivity contribution in [1.29, 1.82) is 0 Å². The van der Waals surface area contributed by atoms with Crippen molar-refractivity contribution in [2.24, 2.45) is 0 Å². The van der Waals surface area contributed by atoms with E-state index in [0.29, 0.717) is 12.1 Å². The van der Waals surface area contributed by atoms with Crippen molar-refractivity contribution in [3.8, 4) is 5.75 Å². The smallest absolute Gasteiger partial charge is 0.137 e. The van der Waals surface area contributed by atoms with E-state index in [1.54, 1.807) is 30.7 Å². The molecule has 2 rings (SSSR count). The average molecular weight is 186 g/mol. The third kappa shape index (κ3) is 1.88. The van der Waals surface area contributed by atoms with Gasteiger partial charge in [-0.25, -0.2) is 0 Å². The van der Waals surface area contributed by atoms with Gasteiger partial charge in [0.15, 0.2) is 0 Å². The highest BCUT2D eigenvalue weighted by Gasteiger charge is 2.02. The molecule has 0 fully saturated rings. The lowest BCUT2D eigenvalue weighted by Gasteiger charge is -2.01. The Kier molecular flexibility index (Phi) is 2.40. The van der Waals surface area contributed by atoms with Crippen molar-refractivity contribution in [3.05, 3.63) is 54.1 Å². The van der Waals surface area contributed by atoms with Crippen LogP contribution in [0, 0.1) is 0 Å². The fourth-order valence-electron chi connectivity index (χ4n) is 1.26. The monoisotopic (exact) mass is 186 g/mol. The first-order valence-electron chi connectivity index (χ1n) is 4.38. The summed E-state index contributed by atoms with van der Waals surface area (Å²) in [6, 6.07) is 7.18. The number of hydrogen-bond acceptors (Lipinski definition) is 3. The summed E-state index contributed by atoms with van der Waals surface area (Å²) in [5.74, 6) is 0.233. The zero-order chi connectivity index (χ0) is 9.80. The van der Waals surface area contributed by atoms with Crippen LogP contribution in [0.2, 0.25) is 0 Å². The Bertz CT molecular complexity index is 415. The Balaban J connectivity index is 2.24. The van der Waals surface area contributed by atoms with Crippen LogP contribution in [0.1, 0.15) is 11.3 Å². The van der Waals surface area contributed by atoms with Crippen molar-refractivity contribution in [3.63, 3.8) is 0 Å². The van der Waals surface area contributed by atoms with Gasteiger partial charge >= 0.3 is 0 Å². The van der Waals surface area contributed by atoms with Gasteiger partial charge in [-0.2, -0.15) is 0 Å². The highest BCUT2D eigenvalue weighted by atomic mass is 16.3. The van der Waals surface area contributed by atoms with Crippen LogP contribution in [0.4, 0.5) is 0 Å². The number of aromatic hydroxyl groups is 1. The van der Waals surface area contributed by atoms with Gasteiger partial charge < -0.3 is 5.11 Å². The second kappa shape index (κ2) is 3.87. The molecule has 2 heterocycles. The van der Waals surface area contributed by atoms with Crippen molar-refractivity contribution in [2.45, 2.75) is 6.42 Å². The molecule has 0 unspecified atom stereocenters. The minimum atomic E-state index is 0.233.